The smallest absolute Gasteiger partial charge is 0.137 e. The van der Waals surface area contributed by atoms with E-state index in [2.05, 4.69) is 34.0 Å². The van der Waals surface area contributed by atoms with Crippen LogP contribution in [0.1, 0.15) is 53.4 Å². The van der Waals surface area contributed by atoms with Crippen LogP contribution in [0.3, 0.4) is 0 Å². The molecule has 0 aromatic rings. The van der Waals surface area contributed by atoms with Crippen LogP contribution in [0.15, 0.2) is 0 Å². The lowest BCUT2D eigenvalue weighted by molar-refractivity contribution is -0.130. The van der Waals surface area contributed by atoms with Crippen molar-refractivity contribution in [3.05, 3.63) is 0 Å². The molecule has 1 nitrogen and oxygen atoms in total. The summed E-state index contributed by atoms with van der Waals surface area (Å²) in [6, 6.07) is 0. The Balaban J connectivity index is 2.70. The van der Waals surface area contributed by atoms with Gasteiger partial charge in [-0.2, -0.15) is 11.8 Å². The standard InChI is InChI=1S/C14H26OS/c1-10-7-6-8-14(3,4)13(10)12(15)9-11(2)16-5/h10-11,13H,6-9H2,1-5H3. The van der Waals surface area contributed by atoms with Crippen LogP contribution in [-0.4, -0.2) is 17.3 Å². The second-order valence-electron chi connectivity index (χ2n) is 6.05. The summed E-state index contributed by atoms with van der Waals surface area (Å²) in [6.45, 7) is 8.96. The Morgan fingerprint density at radius 3 is 2.62 bits per heavy atom. The van der Waals surface area contributed by atoms with Crippen LogP contribution in [0.2, 0.25) is 0 Å². The molecule has 1 aliphatic rings. The molecule has 0 aromatic heterocycles. The van der Waals surface area contributed by atoms with Gasteiger partial charge in [0, 0.05) is 17.6 Å². The van der Waals surface area contributed by atoms with Crippen LogP contribution in [0.25, 0.3) is 0 Å². The van der Waals surface area contributed by atoms with Crippen molar-refractivity contribution >= 4 is 17.5 Å². The largest absolute Gasteiger partial charge is 0.299 e. The molecule has 1 rings (SSSR count). The first-order valence-electron chi connectivity index (χ1n) is 6.44. The second kappa shape index (κ2) is 5.57. The monoisotopic (exact) mass is 242 g/mol. The van der Waals surface area contributed by atoms with Crippen molar-refractivity contribution < 1.29 is 4.79 Å². The Hall–Kier alpha value is 0.0200. The van der Waals surface area contributed by atoms with Gasteiger partial charge in [0.15, 0.2) is 0 Å². The van der Waals surface area contributed by atoms with E-state index in [1.807, 2.05) is 0 Å². The average Bonchev–Trinajstić information content (AvgIpc) is 2.15. The van der Waals surface area contributed by atoms with Crippen molar-refractivity contribution in [1.29, 1.82) is 0 Å². The number of hydrogen-bond donors (Lipinski definition) is 0. The fourth-order valence-corrected chi connectivity index (χ4v) is 3.55. The highest BCUT2D eigenvalue weighted by Gasteiger charge is 2.41. The summed E-state index contributed by atoms with van der Waals surface area (Å²) in [7, 11) is 0. The molecule has 0 amide bonds. The number of ketones is 1. The molecule has 0 radical (unpaired) electrons. The van der Waals surface area contributed by atoms with Gasteiger partial charge in [0.25, 0.3) is 0 Å². The highest BCUT2D eigenvalue weighted by molar-refractivity contribution is 7.99. The van der Waals surface area contributed by atoms with E-state index in [0.717, 1.165) is 6.42 Å². The van der Waals surface area contributed by atoms with Gasteiger partial charge in [0.2, 0.25) is 0 Å². The topological polar surface area (TPSA) is 17.1 Å². The van der Waals surface area contributed by atoms with Crippen LogP contribution in [-0.2, 0) is 4.79 Å². The third-order valence-electron chi connectivity index (χ3n) is 4.13. The maximum atomic E-state index is 12.4. The van der Waals surface area contributed by atoms with Gasteiger partial charge >= 0.3 is 0 Å². The highest BCUT2D eigenvalue weighted by atomic mass is 32.2. The average molecular weight is 242 g/mol. The molecular formula is C14H26OS. The van der Waals surface area contributed by atoms with Crippen LogP contribution >= 0.6 is 11.8 Å². The second-order valence-corrected chi connectivity index (χ2v) is 7.33. The van der Waals surface area contributed by atoms with Crippen molar-refractivity contribution in [2.24, 2.45) is 17.3 Å². The lowest BCUT2D eigenvalue weighted by Crippen LogP contribution is -2.39. The van der Waals surface area contributed by atoms with Crippen LogP contribution in [0.5, 0.6) is 0 Å². The zero-order chi connectivity index (χ0) is 12.3. The number of hydrogen-bond acceptors (Lipinski definition) is 2. The maximum Gasteiger partial charge on any atom is 0.137 e. The van der Waals surface area contributed by atoms with Crippen molar-refractivity contribution in [2.75, 3.05) is 6.26 Å². The number of carbonyl (C=O) groups excluding carboxylic acids is 1. The minimum atomic E-state index is 0.215. The zero-order valence-corrected chi connectivity index (χ0v) is 12.2. The molecule has 0 heterocycles. The van der Waals surface area contributed by atoms with Gasteiger partial charge in [-0.25, -0.2) is 0 Å². The fourth-order valence-electron chi connectivity index (χ4n) is 3.22. The number of rotatable bonds is 4. The minimum Gasteiger partial charge on any atom is -0.299 e. The molecule has 16 heavy (non-hydrogen) atoms. The Morgan fingerprint density at radius 2 is 2.12 bits per heavy atom. The van der Waals surface area contributed by atoms with Crippen LogP contribution in [0, 0.1) is 17.3 Å². The molecular weight excluding hydrogens is 216 g/mol. The highest BCUT2D eigenvalue weighted by Crippen LogP contribution is 2.45. The van der Waals surface area contributed by atoms with Gasteiger partial charge in [-0.3, -0.25) is 4.79 Å². The van der Waals surface area contributed by atoms with Gasteiger partial charge in [-0.1, -0.05) is 34.1 Å². The Bertz CT molecular complexity index is 247. The van der Waals surface area contributed by atoms with Gasteiger partial charge in [0.05, 0.1) is 0 Å². The molecule has 1 fully saturated rings. The van der Waals surface area contributed by atoms with E-state index in [-0.39, 0.29) is 11.3 Å². The fraction of sp³-hybridized carbons (Fsp3) is 0.929. The molecule has 0 spiro atoms. The summed E-state index contributed by atoms with van der Waals surface area (Å²) >= 11 is 1.80. The van der Waals surface area contributed by atoms with E-state index in [0.29, 0.717) is 17.0 Å². The van der Waals surface area contributed by atoms with Crippen LogP contribution in [0.4, 0.5) is 0 Å². The SMILES string of the molecule is CSC(C)CC(=O)C1C(C)CCCC1(C)C. The lowest BCUT2D eigenvalue weighted by Gasteiger charge is -2.42. The summed E-state index contributed by atoms with van der Waals surface area (Å²) in [5.74, 6) is 1.36. The van der Waals surface area contributed by atoms with E-state index < -0.39 is 0 Å². The number of Topliss-reactive ketones (excluding diaryl/α,β-unsaturated/α-hetero) is 1. The predicted molar refractivity (Wildman–Crippen MR) is 72.9 cm³/mol. The molecule has 3 unspecified atom stereocenters. The molecule has 2 heteroatoms. The first-order valence-corrected chi connectivity index (χ1v) is 7.72. The quantitative estimate of drug-likeness (QED) is 0.736. The van der Waals surface area contributed by atoms with Crippen molar-refractivity contribution in [2.45, 2.75) is 58.6 Å². The van der Waals surface area contributed by atoms with Gasteiger partial charge in [-0.15, -0.1) is 0 Å². The molecule has 0 N–H and O–H groups in total. The summed E-state index contributed by atoms with van der Waals surface area (Å²) < 4.78 is 0. The summed E-state index contributed by atoms with van der Waals surface area (Å²) in [4.78, 5) is 12.4. The number of carbonyl (C=O) groups is 1. The molecule has 1 saturated carbocycles. The zero-order valence-electron chi connectivity index (χ0n) is 11.4. The predicted octanol–water partition coefficient (Wildman–Crippen LogP) is 4.16. The summed E-state index contributed by atoms with van der Waals surface area (Å²) in [6.07, 6.45) is 6.57. The number of thioether (sulfide) groups is 1. The normalized spacial score (nSPS) is 31.1. The maximum absolute atomic E-state index is 12.4. The van der Waals surface area contributed by atoms with Gasteiger partial charge in [0.1, 0.15) is 5.78 Å². The van der Waals surface area contributed by atoms with E-state index in [1.54, 1.807) is 11.8 Å². The Labute approximate surface area is 105 Å². The molecule has 0 saturated heterocycles. The van der Waals surface area contributed by atoms with Gasteiger partial charge < -0.3 is 0 Å². The molecule has 1 aliphatic carbocycles. The first-order chi connectivity index (χ1) is 7.38. The molecule has 0 aromatic carbocycles. The lowest BCUT2D eigenvalue weighted by atomic mass is 9.62. The third kappa shape index (κ3) is 3.26. The summed E-state index contributed by atoms with van der Waals surface area (Å²) in [5.41, 5.74) is 0.215. The van der Waals surface area contributed by atoms with Crippen LogP contribution < -0.4 is 0 Å². The molecule has 0 aliphatic heterocycles. The Morgan fingerprint density at radius 1 is 1.50 bits per heavy atom. The molecule has 0 bridgehead atoms. The van der Waals surface area contributed by atoms with E-state index in [4.69, 9.17) is 0 Å². The molecule has 94 valence electrons. The third-order valence-corrected chi connectivity index (χ3v) is 5.10. The minimum absolute atomic E-state index is 0.215. The van der Waals surface area contributed by atoms with Gasteiger partial charge in [-0.05, 0) is 30.4 Å². The van der Waals surface area contributed by atoms with Crippen molar-refractivity contribution in [3.63, 3.8) is 0 Å². The Kier molecular flexibility index (Phi) is 4.90. The summed E-state index contributed by atoms with van der Waals surface area (Å²) in [5, 5.41) is 0.470. The van der Waals surface area contributed by atoms with E-state index >= 15 is 0 Å². The van der Waals surface area contributed by atoms with E-state index in [1.165, 1.54) is 19.3 Å². The molecule has 3 atom stereocenters. The first kappa shape index (κ1) is 14.1. The van der Waals surface area contributed by atoms with Crippen molar-refractivity contribution in [1.82, 2.24) is 0 Å². The van der Waals surface area contributed by atoms with E-state index in [9.17, 15) is 4.79 Å². The van der Waals surface area contributed by atoms with Crippen molar-refractivity contribution in [3.8, 4) is 0 Å².